The van der Waals surface area contributed by atoms with Gasteiger partial charge in [0.25, 0.3) is 0 Å². The van der Waals surface area contributed by atoms with Crippen LogP contribution in [0.5, 0.6) is 0 Å². The van der Waals surface area contributed by atoms with Gasteiger partial charge in [0.05, 0.1) is 0 Å². The highest BCUT2D eigenvalue weighted by molar-refractivity contribution is 5.82. The maximum Gasteiger partial charge on any atom is 0.241 e. The zero-order chi connectivity index (χ0) is 13.7. The van der Waals surface area contributed by atoms with Crippen LogP contribution in [0.4, 0.5) is 0 Å². The van der Waals surface area contributed by atoms with Crippen molar-refractivity contribution in [2.24, 2.45) is 5.73 Å². The molecule has 0 aromatic heterocycles. The Hall–Kier alpha value is -2.13. The quantitative estimate of drug-likeness (QED) is 0.879. The van der Waals surface area contributed by atoms with Gasteiger partial charge < -0.3 is 11.1 Å². The molecule has 2 aromatic rings. The fourth-order valence-electron chi connectivity index (χ4n) is 1.82. The Morgan fingerprint density at radius 1 is 1.11 bits per heavy atom. The highest BCUT2D eigenvalue weighted by Gasteiger charge is 2.14. The summed E-state index contributed by atoms with van der Waals surface area (Å²) in [6.07, 6.45) is 0. The Morgan fingerprint density at radius 3 is 2.37 bits per heavy atom. The summed E-state index contributed by atoms with van der Waals surface area (Å²) in [5.41, 5.74) is 8.99. The van der Waals surface area contributed by atoms with Crippen LogP contribution >= 0.6 is 0 Å². The molecule has 1 atom stereocenters. The minimum Gasteiger partial charge on any atom is -0.350 e. The van der Waals surface area contributed by atoms with Gasteiger partial charge in [0.1, 0.15) is 6.04 Å². The van der Waals surface area contributed by atoms with Gasteiger partial charge >= 0.3 is 0 Å². The van der Waals surface area contributed by atoms with Crippen LogP contribution in [0, 0.1) is 6.92 Å². The van der Waals surface area contributed by atoms with Crippen LogP contribution in [0.3, 0.4) is 0 Å². The third-order valence-corrected chi connectivity index (χ3v) is 3.03. The van der Waals surface area contributed by atoms with Crippen molar-refractivity contribution in [3.63, 3.8) is 0 Å². The van der Waals surface area contributed by atoms with E-state index >= 15 is 0 Å². The number of nitrogens with one attached hydrogen (secondary N) is 1. The Morgan fingerprint density at radius 2 is 1.74 bits per heavy atom. The summed E-state index contributed by atoms with van der Waals surface area (Å²) >= 11 is 0. The van der Waals surface area contributed by atoms with Gasteiger partial charge in [0, 0.05) is 6.54 Å². The molecule has 19 heavy (non-hydrogen) atoms. The molecule has 3 nitrogen and oxygen atoms in total. The molecule has 0 spiro atoms. The standard InChI is InChI=1S/C16H18N2O/c1-12-7-9-14(10-8-12)15(17)16(19)18-11-13-5-3-2-4-6-13/h2-10,15H,11,17H2,1H3,(H,18,19). The van der Waals surface area contributed by atoms with Crippen LogP contribution < -0.4 is 11.1 Å². The molecule has 0 bridgehead atoms. The number of hydrogen-bond donors (Lipinski definition) is 2. The lowest BCUT2D eigenvalue weighted by Crippen LogP contribution is -2.33. The molecule has 98 valence electrons. The van der Waals surface area contributed by atoms with E-state index in [2.05, 4.69) is 5.32 Å². The van der Waals surface area contributed by atoms with Gasteiger partial charge in [-0.1, -0.05) is 60.2 Å². The predicted octanol–water partition coefficient (Wildman–Crippen LogP) is 2.31. The number of nitrogens with two attached hydrogens (primary N) is 1. The minimum absolute atomic E-state index is 0.160. The summed E-state index contributed by atoms with van der Waals surface area (Å²) in [6, 6.07) is 16.9. The minimum atomic E-state index is -0.621. The van der Waals surface area contributed by atoms with E-state index < -0.39 is 6.04 Å². The van der Waals surface area contributed by atoms with E-state index in [4.69, 9.17) is 5.73 Å². The first-order valence-corrected chi connectivity index (χ1v) is 6.30. The van der Waals surface area contributed by atoms with Gasteiger partial charge in [-0.25, -0.2) is 0 Å². The largest absolute Gasteiger partial charge is 0.350 e. The van der Waals surface area contributed by atoms with Crippen molar-refractivity contribution in [2.75, 3.05) is 0 Å². The van der Waals surface area contributed by atoms with Gasteiger partial charge in [-0.2, -0.15) is 0 Å². The third kappa shape index (κ3) is 3.66. The van der Waals surface area contributed by atoms with Crippen LogP contribution in [0.25, 0.3) is 0 Å². The molecule has 1 unspecified atom stereocenters. The molecular formula is C16H18N2O. The van der Waals surface area contributed by atoms with Crippen LogP contribution in [0.2, 0.25) is 0 Å². The lowest BCUT2D eigenvalue weighted by atomic mass is 10.1. The number of aryl methyl sites for hydroxylation is 1. The topological polar surface area (TPSA) is 55.1 Å². The van der Waals surface area contributed by atoms with E-state index in [1.54, 1.807) is 0 Å². The summed E-state index contributed by atoms with van der Waals surface area (Å²) in [5.74, 6) is -0.160. The molecular weight excluding hydrogens is 236 g/mol. The molecule has 0 saturated carbocycles. The molecule has 2 rings (SSSR count). The first-order valence-electron chi connectivity index (χ1n) is 6.30. The molecule has 0 saturated heterocycles. The monoisotopic (exact) mass is 254 g/mol. The number of rotatable bonds is 4. The van der Waals surface area contributed by atoms with Crippen molar-refractivity contribution in [2.45, 2.75) is 19.5 Å². The van der Waals surface area contributed by atoms with E-state index in [1.165, 1.54) is 0 Å². The maximum atomic E-state index is 12.0. The van der Waals surface area contributed by atoms with Gasteiger partial charge in [-0.05, 0) is 18.1 Å². The summed E-state index contributed by atoms with van der Waals surface area (Å²) < 4.78 is 0. The number of carbonyl (C=O) groups is 1. The van der Waals surface area contributed by atoms with Gasteiger partial charge in [0.15, 0.2) is 0 Å². The van der Waals surface area contributed by atoms with E-state index in [9.17, 15) is 4.79 Å². The van der Waals surface area contributed by atoms with Crippen molar-refractivity contribution in [3.05, 3.63) is 71.3 Å². The van der Waals surface area contributed by atoms with Crippen LogP contribution in [0.1, 0.15) is 22.7 Å². The fraction of sp³-hybridized carbons (Fsp3) is 0.188. The van der Waals surface area contributed by atoms with Crippen molar-refractivity contribution < 1.29 is 4.79 Å². The summed E-state index contributed by atoms with van der Waals surface area (Å²) in [5, 5.41) is 2.85. The summed E-state index contributed by atoms with van der Waals surface area (Å²) in [4.78, 5) is 12.0. The van der Waals surface area contributed by atoms with Gasteiger partial charge in [0.2, 0.25) is 5.91 Å². The molecule has 0 heterocycles. The second kappa shape index (κ2) is 6.16. The normalized spacial score (nSPS) is 11.9. The van der Waals surface area contributed by atoms with E-state index in [0.717, 1.165) is 16.7 Å². The first-order chi connectivity index (χ1) is 9.16. The SMILES string of the molecule is Cc1ccc(C(N)C(=O)NCc2ccccc2)cc1. The van der Waals surface area contributed by atoms with Crippen LogP contribution in [0.15, 0.2) is 54.6 Å². The molecule has 0 aliphatic rings. The number of benzene rings is 2. The van der Waals surface area contributed by atoms with E-state index in [-0.39, 0.29) is 5.91 Å². The number of hydrogen-bond acceptors (Lipinski definition) is 2. The number of amides is 1. The Kier molecular flexibility index (Phi) is 4.31. The smallest absolute Gasteiger partial charge is 0.241 e. The molecule has 0 fully saturated rings. The predicted molar refractivity (Wildman–Crippen MR) is 76.4 cm³/mol. The van der Waals surface area contributed by atoms with E-state index in [0.29, 0.717) is 6.54 Å². The fourth-order valence-corrected chi connectivity index (χ4v) is 1.82. The lowest BCUT2D eigenvalue weighted by Gasteiger charge is -2.13. The first kappa shape index (κ1) is 13.3. The van der Waals surface area contributed by atoms with Crippen molar-refractivity contribution in [3.8, 4) is 0 Å². The van der Waals surface area contributed by atoms with Crippen LogP contribution in [-0.2, 0) is 11.3 Å². The average Bonchev–Trinajstić information content (AvgIpc) is 2.46. The Bertz CT molecular complexity index is 534. The zero-order valence-corrected chi connectivity index (χ0v) is 11.0. The highest BCUT2D eigenvalue weighted by Crippen LogP contribution is 2.11. The molecule has 3 heteroatoms. The molecule has 3 N–H and O–H groups in total. The average molecular weight is 254 g/mol. The van der Waals surface area contributed by atoms with Crippen molar-refractivity contribution in [1.82, 2.24) is 5.32 Å². The van der Waals surface area contributed by atoms with E-state index in [1.807, 2.05) is 61.5 Å². The van der Waals surface area contributed by atoms with Crippen molar-refractivity contribution >= 4 is 5.91 Å². The lowest BCUT2D eigenvalue weighted by molar-refractivity contribution is -0.122. The second-order valence-electron chi connectivity index (χ2n) is 4.59. The van der Waals surface area contributed by atoms with Gasteiger partial charge in [-0.15, -0.1) is 0 Å². The summed E-state index contributed by atoms with van der Waals surface area (Å²) in [6.45, 7) is 2.50. The molecule has 2 aromatic carbocycles. The molecule has 0 radical (unpaired) electrons. The molecule has 0 aliphatic carbocycles. The molecule has 0 aliphatic heterocycles. The maximum absolute atomic E-state index is 12.0. The Balaban J connectivity index is 1.94. The van der Waals surface area contributed by atoms with Crippen molar-refractivity contribution in [1.29, 1.82) is 0 Å². The van der Waals surface area contributed by atoms with Crippen LogP contribution in [-0.4, -0.2) is 5.91 Å². The number of carbonyl (C=O) groups excluding carboxylic acids is 1. The van der Waals surface area contributed by atoms with Gasteiger partial charge in [-0.3, -0.25) is 4.79 Å². The second-order valence-corrected chi connectivity index (χ2v) is 4.59. The summed E-state index contributed by atoms with van der Waals surface area (Å²) in [7, 11) is 0. The zero-order valence-electron chi connectivity index (χ0n) is 11.0. The highest BCUT2D eigenvalue weighted by atomic mass is 16.2. The third-order valence-electron chi connectivity index (χ3n) is 3.03. The molecule has 1 amide bonds. The Labute approximate surface area is 113 Å².